The van der Waals surface area contributed by atoms with Crippen LogP contribution in [0.1, 0.15) is 39.7 Å². The van der Waals surface area contributed by atoms with E-state index < -0.39 is 23.9 Å². The largest absolute Gasteiger partial charge is 0.497 e. The van der Waals surface area contributed by atoms with Crippen molar-refractivity contribution in [1.29, 1.82) is 5.26 Å². The second kappa shape index (κ2) is 15.4. The molecule has 50 heavy (non-hydrogen) atoms. The van der Waals surface area contributed by atoms with Gasteiger partial charge in [0.15, 0.2) is 0 Å². The number of nitriles is 1. The summed E-state index contributed by atoms with van der Waals surface area (Å²) in [5, 5.41) is 11.7. The van der Waals surface area contributed by atoms with Gasteiger partial charge in [0.25, 0.3) is 11.9 Å². The zero-order valence-corrected chi connectivity index (χ0v) is 28.1. The lowest BCUT2D eigenvalue weighted by molar-refractivity contribution is 0.102. The molecule has 0 spiro atoms. The number of aromatic nitrogens is 1. The molecule has 0 saturated heterocycles. The third kappa shape index (κ3) is 7.76. The van der Waals surface area contributed by atoms with E-state index in [9.17, 15) is 9.18 Å². The molecule has 1 atom stereocenters. The molecule has 1 aromatic heterocycles. The molecule has 258 valence electrons. The summed E-state index contributed by atoms with van der Waals surface area (Å²) in [7, 11) is 6.18. The molecule has 3 aromatic carbocycles. The maximum atomic E-state index is 15.7. The SMILES string of the molecule is COc1ccc(CN(Cc2ccc(OC)cc2OC)C2=N[C@](C)(c3cc(NC(=O)c4ccc(C#N)cn4)ccc3F)C=C(CF)O2)c(OC)c1. The fourth-order valence-electron chi connectivity index (χ4n) is 5.40. The lowest BCUT2D eigenvalue weighted by atomic mass is 9.90. The molecule has 4 aromatic rings. The number of amidine groups is 1. The number of aliphatic imine (C=N–C) groups is 1. The molecule has 2 heterocycles. The zero-order valence-electron chi connectivity index (χ0n) is 28.1. The van der Waals surface area contributed by atoms with Gasteiger partial charge in [-0.2, -0.15) is 5.26 Å². The van der Waals surface area contributed by atoms with Crippen LogP contribution in [-0.2, 0) is 23.4 Å². The Kier molecular flexibility index (Phi) is 10.8. The molecule has 1 aliphatic heterocycles. The first-order valence-electron chi connectivity index (χ1n) is 15.3. The van der Waals surface area contributed by atoms with Crippen LogP contribution in [0.2, 0.25) is 0 Å². The molecule has 11 nitrogen and oxygen atoms in total. The number of carbonyl (C=O) groups is 1. The fourth-order valence-corrected chi connectivity index (χ4v) is 5.40. The molecule has 13 heteroatoms. The highest BCUT2D eigenvalue weighted by Crippen LogP contribution is 2.37. The molecule has 0 bridgehead atoms. The Morgan fingerprint density at radius 1 is 0.920 bits per heavy atom. The first-order valence-corrected chi connectivity index (χ1v) is 15.3. The van der Waals surface area contributed by atoms with Crippen molar-refractivity contribution in [1.82, 2.24) is 9.88 Å². The van der Waals surface area contributed by atoms with Crippen LogP contribution in [0, 0.1) is 17.1 Å². The zero-order chi connectivity index (χ0) is 35.8. The average molecular weight is 684 g/mol. The molecule has 0 aliphatic carbocycles. The van der Waals surface area contributed by atoms with Gasteiger partial charge in [-0.15, -0.1) is 0 Å². The number of nitrogens with zero attached hydrogens (tertiary/aromatic N) is 4. The smallest absolute Gasteiger partial charge is 0.294 e. The van der Waals surface area contributed by atoms with Crippen molar-refractivity contribution in [3.63, 3.8) is 0 Å². The number of ether oxygens (including phenoxy) is 5. The number of methoxy groups -OCH3 is 4. The van der Waals surface area contributed by atoms with E-state index in [1.54, 1.807) is 50.3 Å². The van der Waals surface area contributed by atoms with Gasteiger partial charge in [-0.25, -0.2) is 18.8 Å². The van der Waals surface area contributed by atoms with E-state index in [2.05, 4.69) is 10.3 Å². The molecule has 5 rings (SSSR count). The average Bonchev–Trinajstić information content (AvgIpc) is 3.15. The van der Waals surface area contributed by atoms with E-state index in [4.69, 9.17) is 33.9 Å². The van der Waals surface area contributed by atoms with Crippen LogP contribution >= 0.6 is 0 Å². The van der Waals surface area contributed by atoms with Gasteiger partial charge >= 0.3 is 0 Å². The van der Waals surface area contributed by atoms with Crippen molar-refractivity contribution >= 4 is 17.6 Å². The van der Waals surface area contributed by atoms with Gasteiger partial charge in [-0.1, -0.05) is 0 Å². The van der Waals surface area contributed by atoms with Crippen LogP contribution in [0.4, 0.5) is 14.5 Å². The number of nitrogens with one attached hydrogen (secondary N) is 1. The fraction of sp³-hybridized carbons (Fsp3) is 0.243. The highest BCUT2D eigenvalue weighted by atomic mass is 19.1. The molecular weight excluding hydrogens is 648 g/mol. The number of rotatable bonds is 12. The maximum Gasteiger partial charge on any atom is 0.294 e. The van der Waals surface area contributed by atoms with E-state index in [0.717, 1.165) is 11.1 Å². The topological polar surface area (TPSA) is 128 Å². The highest BCUT2D eigenvalue weighted by Gasteiger charge is 2.35. The molecule has 0 fully saturated rings. The number of carbonyl (C=O) groups excluding carboxylic acids is 1. The van der Waals surface area contributed by atoms with E-state index in [0.29, 0.717) is 28.6 Å². The summed E-state index contributed by atoms with van der Waals surface area (Å²) in [6.45, 7) is 0.972. The number of hydrogen-bond donors (Lipinski definition) is 1. The predicted octanol–water partition coefficient (Wildman–Crippen LogP) is 6.54. The van der Waals surface area contributed by atoms with Gasteiger partial charge in [0.2, 0.25) is 0 Å². The minimum atomic E-state index is -1.47. The molecule has 1 amide bonds. The van der Waals surface area contributed by atoms with Crippen molar-refractivity contribution in [2.75, 3.05) is 40.4 Å². The van der Waals surface area contributed by atoms with Crippen LogP contribution in [0.5, 0.6) is 23.0 Å². The number of anilines is 1. The first kappa shape index (κ1) is 35.2. The lowest BCUT2D eigenvalue weighted by Crippen LogP contribution is -2.38. The standard InChI is InChI=1S/C37H35F2N5O6/c1-37(30-14-26(9-12-31(30)39)42-35(45)32-13-6-23(19-40)20-41-32)17-29(18-38)50-36(43-37)44(21-24-7-10-27(46-2)15-33(24)48-4)22-25-8-11-28(47-3)16-34(25)49-5/h6-17,20H,18,21-22H2,1-5H3,(H,42,45)/t37-/m0/s1. The van der Waals surface area contributed by atoms with Crippen LogP contribution in [0.3, 0.4) is 0 Å². The van der Waals surface area contributed by atoms with Crippen LogP contribution in [-0.4, -0.2) is 56.9 Å². The van der Waals surface area contributed by atoms with Crippen LogP contribution < -0.4 is 24.3 Å². The minimum absolute atomic E-state index is 0.00835. The number of amides is 1. The summed E-state index contributed by atoms with van der Waals surface area (Å²) in [5.41, 5.74) is 0.658. The van der Waals surface area contributed by atoms with Gasteiger partial charge in [-0.05, 0) is 67.6 Å². The Morgan fingerprint density at radius 3 is 2.08 bits per heavy atom. The number of allylic oxidation sites excluding steroid dienone is 1. The van der Waals surface area contributed by atoms with E-state index in [1.807, 2.05) is 18.2 Å². The number of pyridine rings is 1. The van der Waals surface area contributed by atoms with Crippen molar-refractivity contribution in [3.8, 4) is 29.1 Å². The molecule has 1 aliphatic rings. The quantitative estimate of drug-likeness (QED) is 0.177. The van der Waals surface area contributed by atoms with Crippen molar-refractivity contribution in [2.24, 2.45) is 4.99 Å². The lowest BCUT2D eigenvalue weighted by Gasteiger charge is -2.34. The van der Waals surface area contributed by atoms with Gasteiger partial charge in [0.1, 0.15) is 58.6 Å². The number of benzene rings is 3. The van der Waals surface area contributed by atoms with E-state index >= 15 is 4.39 Å². The van der Waals surface area contributed by atoms with Crippen LogP contribution in [0.15, 0.2) is 89.8 Å². The van der Waals surface area contributed by atoms with Gasteiger partial charge in [0.05, 0.1) is 47.1 Å². The summed E-state index contributed by atoms with van der Waals surface area (Å²) >= 11 is 0. The van der Waals surface area contributed by atoms with E-state index in [1.165, 1.54) is 56.8 Å². The molecule has 0 radical (unpaired) electrons. The Bertz CT molecular complexity index is 1920. The Balaban J connectivity index is 1.56. The van der Waals surface area contributed by atoms with Crippen LogP contribution in [0.25, 0.3) is 0 Å². The molecular formula is C37H35F2N5O6. The molecule has 0 saturated carbocycles. The summed E-state index contributed by atoms with van der Waals surface area (Å²) < 4.78 is 58.3. The number of halogens is 2. The molecule has 1 N–H and O–H groups in total. The van der Waals surface area contributed by atoms with Gasteiger partial charge in [0, 0.05) is 40.7 Å². The molecule has 0 unspecified atom stereocenters. The van der Waals surface area contributed by atoms with E-state index in [-0.39, 0.29) is 41.8 Å². The van der Waals surface area contributed by atoms with Gasteiger partial charge in [-0.3, -0.25) is 4.79 Å². The highest BCUT2D eigenvalue weighted by molar-refractivity contribution is 6.02. The maximum absolute atomic E-state index is 15.7. The summed E-state index contributed by atoms with van der Waals surface area (Å²) in [4.78, 5) is 23.6. The van der Waals surface area contributed by atoms with Crippen molar-refractivity contribution in [2.45, 2.75) is 25.6 Å². The van der Waals surface area contributed by atoms with Crippen molar-refractivity contribution in [3.05, 3.63) is 119 Å². The Hall–Kier alpha value is -6.16. The van der Waals surface area contributed by atoms with Gasteiger partial charge < -0.3 is 33.9 Å². The third-order valence-electron chi connectivity index (χ3n) is 8.00. The Morgan fingerprint density at radius 2 is 1.56 bits per heavy atom. The third-order valence-corrected chi connectivity index (χ3v) is 8.00. The van der Waals surface area contributed by atoms with Crippen molar-refractivity contribution < 1.29 is 37.3 Å². The predicted molar refractivity (Wildman–Crippen MR) is 182 cm³/mol. The second-order valence-electron chi connectivity index (χ2n) is 11.3. The second-order valence-corrected chi connectivity index (χ2v) is 11.3. The normalized spacial score (nSPS) is 15.1. The first-order chi connectivity index (χ1) is 24.1. The summed E-state index contributed by atoms with van der Waals surface area (Å²) in [6.07, 6.45) is 2.69. The number of hydrogen-bond acceptors (Lipinski definition) is 10. The Labute approximate surface area is 288 Å². The number of alkyl halides is 1. The minimum Gasteiger partial charge on any atom is -0.497 e. The monoisotopic (exact) mass is 683 g/mol. The summed E-state index contributed by atoms with van der Waals surface area (Å²) in [6, 6.07) is 19.6. The summed E-state index contributed by atoms with van der Waals surface area (Å²) in [5.74, 6) is 0.954.